The number of carbonyl (C=O) groups excluding carboxylic acids is 1. The Morgan fingerprint density at radius 2 is 2.14 bits per heavy atom. The minimum absolute atomic E-state index is 0.0881. The zero-order chi connectivity index (χ0) is 25.4. The van der Waals surface area contributed by atoms with Crippen LogP contribution in [0.2, 0.25) is 0 Å². The van der Waals surface area contributed by atoms with E-state index in [1.807, 2.05) is 0 Å². The van der Waals surface area contributed by atoms with Gasteiger partial charge in [0.05, 0.1) is 6.04 Å². The van der Waals surface area contributed by atoms with Gasteiger partial charge in [0.1, 0.15) is 12.2 Å². The molecule has 198 valence electrons. The van der Waals surface area contributed by atoms with Crippen molar-refractivity contribution >= 4 is 5.91 Å². The largest absolute Gasteiger partial charge is 0.504 e. The molecule has 5 aliphatic rings. The van der Waals surface area contributed by atoms with Crippen LogP contribution in [0.5, 0.6) is 11.5 Å². The van der Waals surface area contributed by atoms with Crippen LogP contribution in [0.3, 0.4) is 0 Å². The summed E-state index contributed by atoms with van der Waals surface area (Å²) in [6.07, 6.45) is 5.96. The number of rotatable bonds is 8. The van der Waals surface area contributed by atoms with E-state index in [9.17, 15) is 9.90 Å². The Balaban J connectivity index is 1.35. The quantitative estimate of drug-likeness (QED) is 0.511. The van der Waals surface area contributed by atoms with Crippen LogP contribution >= 0.6 is 0 Å². The van der Waals surface area contributed by atoms with Crippen LogP contribution in [0.15, 0.2) is 12.1 Å². The molecule has 7 heteroatoms. The number of piperidine rings is 1. The second-order valence-electron chi connectivity index (χ2n) is 13.1. The number of amides is 1. The van der Waals surface area contributed by atoms with Crippen molar-refractivity contribution < 1.29 is 19.4 Å². The molecule has 0 aromatic heterocycles. The Labute approximate surface area is 215 Å². The average Bonchev–Trinajstić information content (AvgIpc) is 3.58. The van der Waals surface area contributed by atoms with E-state index >= 15 is 0 Å². The van der Waals surface area contributed by atoms with E-state index in [2.05, 4.69) is 37.1 Å². The summed E-state index contributed by atoms with van der Waals surface area (Å²) in [5, 5.41) is 14.0. The predicted octanol–water partition coefficient (Wildman–Crippen LogP) is 2.96. The van der Waals surface area contributed by atoms with Crippen LogP contribution in [-0.4, -0.2) is 66.9 Å². The highest BCUT2D eigenvalue weighted by atomic mass is 16.5. The lowest BCUT2D eigenvalue weighted by atomic mass is 9.47. The first-order valence-corrected chi connectivity index (χ1v) is 14.0. The number of aromatic hydroxyl groups is 1. The van der Waals surface area contributed by atoms with Crippen LogP contribution in [0.25, 0.3) is 0 Å². The number of nitrogens with one attached hydrogen (secondary N) is 1. The van der Waals surface area contributed by atoms with Gasteiger partial charge < -0.3 is 25.6 Å². The molecule has 0 radical (unpaired) electrons. The number of phenols is 1. The molecule has 4 N–H and O–H groups in total. The van der Waals surface area contributed by atoms with E-state index in [0.29, 0.717) is 36.6 Å². The number of methoxy groups -OCH3 is 1. The molecular formula is C29H43N3O4. The topological polar surface area (TPSA) is 97.0 Å². The summed E-state index contributed by atoms with van der Waals surface area (Å²) in [5.74, 6) is 2.42. The Hall–Kier alpha value is -1.83. The number of ether oxygens (including phenoxy) is 2. The van der Waals surface area contributed by atoms with Gasteiger partial charge in [-0.25, -0.2) is 0 Å². The number of carbonyl (C=O) groups is 1. The maximum Gasteiger partial charge on any atom is 0.236 e. The monoisotopic (exact) mass is 497 g/mol. The highest BCUT2D eigenvalue weighted by Crippen LogP contribution is 2.66. The van der Waals surface area contributed by atoms with Gasteiger partial charge in [-0.15, -0.1) is 0 Å². The lowest BCUT2D eigenvalue weighted by molar-refractivity contribution is -0.172. The summed E-state index contributed by atoms with van der Waals surface area (Å²) in [6.45, 7) is 9.18. The molecule has 2 saturated carbocycles. The molecule has 1 aromatic rings. The molecule has 1 aromatic carbocycles. The highest BCUT2D eigenvalue weighted by molar-refractivity contribution is 5.81. The zero-order valence-corrected chi connectivity index (χ0v) is 22.3. The van der Waals surface area contributed by atoms with Crippen molar-refractivity contribution in [3.05, 3.63) is 23.3 Å². The molecule has 2 aliphatic heterocycles. The number of nitrogens with two attached hydrogens (primary N) is 1. The average molecular weight is 498 g/mol. The summed E-state index contributed by atoms with van der Waals surface area (Å²) in [6, 6.07) is 3.88. The molecule has 2 bridgehead atoms. The normalized spacial score (nSPS) is 37.4. The standard InChI is InChI=1S/C29H43N3O4/c1-16(2)11-20(30)27(34)31-15-28(3)13-19-21-12-18-7-8-22(33)24-23(18)29(19,26(36-24)25(28)35-4)9-10-32(21)14-17-5-6-17/h7-8,16-17,19-21,25-26,33H,5-6,9-15,30H2,1-4H3,(H,31,34)/t19?,20-,21+,25?,26-,28-,29-/m0/s1. The third kappa shape index (κ3) is 3.60. The first kappa shape index (κ1) is 24.5. The summed E-state index contributed by atoms with van der Waals surface area (Å²) in [7, 11) is 1.77. The summed E-state index contributed by atoms with van der Waals surface area (Å²) in [5.41, 5.74) is 8.32. The van der Waals surface area contributed by atoms with E-state index < -0.39 is 6.04 Å². The summed E-state index contributed by atoms with van der Waals surface area (Å²) in [4.78, 5) is 15.6. The van der Waals surface area contributed by atoms with E-state index in [1.165, 1.54) is 30.5 Å². The van der Waals surface area contributed by atoms with Gasteiger partial charge in [0.25, 0.3) is 0 Å². The van der Waals surface area contributed by atoms with Crippen molar-refractivity contribution in [2.75, 3.05) is 26.7 Å². The van der Waals surface area contributed by atoms with Crippen LogP contribution in [0.4, 0.5) is 0 Å². The fraction of sp³-hybridized carbons (Fsp3) is 0.759. The number of nitrogens with zero attached hydrogens (tertiary/aromatic N) is 1. The molecule has 2 heterocycles. The van der Waals surface area contributed by atoms with Crippen LogP contribution in [0.1, 0.15) is 64.0 Å². The molecule has 1 amide bonds. The van der Waals surface area contributed by atoms with E-state index in [-0.39, 0.29) is 34.7 Å². The molecule has 2 unspecified atom stereocenters. The van der Waals surface area contributed by atoms with Crippen molar-refractivity contribution in [3.8, 4) is 11.5 Å². The molecule has 3 fully saturated rings. The van der Waals surface area contributed by atoms with Gasteiger partial charge in [-0.05, 0) is 74.5 Å². The maximum atomic E-state index is 12.9. The number of phenolic OH excluding ortho intramolecular Hbond substituents is 1. The Bertz CT molecular complexity index is 1040. The number of hydrogen-bond acceptors (Lipinski definition) is 6. The van der Waals surface area contributed by atoms with Gasteiger partial charge in [0.15, 0.2) is 11.5 Å². The van der Waals surface area contributed by atoms with E-state index in [0.717, 1.165) is 31.7 Å². The molecular weight excluding hydrogens is 454 g/mol. The second-order valence-corrected chi connectivity index (χ2v) is 13.1. The summed E-state index contributed by atoms with van der Waals surface area (Å²) < 4.78 is 13.0. The first-order valence-electron chi connectivity index (χ1n) is 14.0. The van der Waals surface area contributed by atoms with Gasteiger partial charge in [-0.1, -0.05) is 26.8 Å². The Morgan fingerprint density at radius 3 is 2.83 bits per heavy atom. The van der Waals surface area contributed by atoms with Gasteiger partial charge in [0, 0.05) is 42.6 Å². The molecule has 7 nitrogen and oxygen atoms in total. The number of hydrogen-bond donors (Lipinski definition) is 3. The van der Waals surface area contributed by atoms with Crippen LogP contribution in [0, 0.1) is 23.2 Å². The van der Waals surface area contributed by atoms with Gasteiger partial charge in [0.2, 0.25) is 5.91 Å². The van der Waals surface area contributed by atoms with Crippen molar-refractivity contribution in [2.45, 2.75) is 89.0 Å². The fourth-order valence-corrected chi connectivity index (χ4v) is 8.33. The smallest absolute Gasteiger partial charge is 0.236 e. The zero-order valence-electron chi connectivity index (χ0n) is 22.3. The van der Waals surface area contributed by atoms with Crippen molar-refractivity contribution in [3.63, 3.8) is 0 Å². The molecule has 7 atom stereocenters. The molecule has 1 spiro atoms. The number of likely N-dealkylation sites (tertiary alicyclic amines) is 1. The lowest BCUT2D eigenvalue weighted by Crippen LogP contribution is -2.72. The first-order chi connectivity index (χ1) is 17.2. The predicted molar refractivity (Wildman–Crippen MR) is 138 cm³/mol. The Kier molecular flexibility index (Phi) is 5.86. The van der Waals surface area contributed by atoms with Crippen LogP contribution in [-0.2, 0) is 21.4 Å². The third-order valence-corrected chi connectivity index (χ3v) is 10.1. The molecule has 1 saturated heterocycles. The van der Waals surface area contributed by atoms with Crippen molar-refractivity contribution in [1.29, 1.82) is 0 Å². The van der Waals surface area contributed by atoms with Crippen molar-refractivity contribution in [2.24, 2.45) is 28.9 Å². The third-order valence-electron chi connectivity index (χ3n) is 10.1. The SMILES string of the molecule is COC1[C@@H]2Oc3c(O)ccc4c3[C@@]23CCN(CC2CC2)[C@H](C4)C3C[C@@]1(C)CNC(=O)[C@@H](N)CC(C)C. The van der Waals surface area contributed by atoms with Gasteiger partial charge in [-0.2, -0.15) is 0 Å². The fourth-order valence-electron chi connectivity index (χ4n) is 8.33. The molecule has 6 rings (SSSR count). The maximum absolute atomic E-state index is 12.9. The number of benzene rings is 1. The summed E-state index contributed by atoms with van der Waals surface area (Å²) >= 11 is 0. The highest BCUT2D eigenvalue weighted by Gasteiger charge is 2.70. The van der Waals surface area contributed by atoms with Gasteiger partial charge >= 0.3 is 0 Å². The lowest BCUT2D eigenvalue weighted by Gasteiger charge is -2.63. The van der Waals surface area contributed by atoms with E-state index in [1.54, 1.807) is 13.2 Å². The molecule has 36 heavy (non-hydrogen) atoms. The molecule has 3 aliphatic carbocycles. The van der Waals surface area contributed by atoms with Crippen molar-refractivity contribution in [1.82, 2.24) is 10.2 Å². The second kappa shape index (κ2) is 8.60. The van der Waals surface area contributed by atoms with E-state index in [4.69, 9.17) is 15.2 Å². The van der Waals surface area contributed by atoms with Crippen LogP contribution < -0.4 is 15.8 Å². The van der Waals surface area contributed by atoms with Gasteiger partial charge in [-0.3, -0.25) is 9.69 Å². The minimum atomic E-state index is -0.501. The Morgan fingerprint density at radius 1 is 1.36 bits per heavy atom. The minimum Gasteiger partial charge on any atom is -0.504 e.